The molecule has 0 radical (unpaired) electrons. The number of rotatable bonds is 12. The lowest BCUT2D eigenvalue weighted by Gasteiger charge is -2.28. The summed E-state index contributed by atoms with van der Waals surface area (Å²) in [4.78, 5) is 12.3. The van der Waals surface area contributed by atoms with Gasteiger partial charge in [0.1, 0.15) is 11.4 Å². The molecule has 0 saturated carbocycles. The van der Waals surface area contributed by atoms with E-state index in [-0.39, 0.29) is 5.82 Å². The van der Waals surface area contributed by atoms with Gasteiger partial charge in [0.25, 0.3) is 0 Å². The maximum atomic E-state index is 15.0. The first kappa shape index (κ1) is 25.1. The minimum absolute atomic E-state index is 0.253. The summed E-state index contributed by atoms with van der Waals surface area (Å²) in [7, 11) is -1.22. The Morgan fingerprint density at radius 2 is 1.46 bits per heavy atom. The van der Waals surface area contributed by atoms with E-state index in [4.69, 9.17) is 4.74 Å². The van der Waals surface area contributed by atoms with Crippen LogP contribution in [0.4, 0.5) is 4.39 Å². The van der Waals surface area contributed by atoms with Crippen LogP contribution in [0.25, 0.3) is 0 Å². The van der Waals surface area contributed by atoms with Crippen LogP contribution in [-0.4, -0.2) is 30.1 Å². The average molecular weight is 412 g/mol. The summed E-state index contributed by atoms with van der Waals surface area (Å²) in [5.41, 5.74) is 0.507. The van der Waals surface area contributed by atoms with Crippen LogP contribution < -0.4 is 0 Å². The van der Waals surface area contributed by atoms with Crippen molar-refractivity contribution in [3.8, 4) is 0 Å². The fourth-order valence-electron chi connectivity index (χ4n) is 3.55. The predicted molar refractivity (Wildman–Crippen MR) is 122 cm³/mol. The molecule has 2 nitrogen and oxygen atoms in total. The van der Waals surface area contributed by atoms with Crippen molar-refractivity contribution >= 4 is 13.2 Å². The Balaban J connectivity index is 3.07. The first-order valence-corrected chi connectivity index (χ1v) is 13.6. The summed E-state index contributed by atoms with van der Waals surface area (Å²) in [6, 6.07) is 4.94. The molecule has 0 heterocycles. The highest BCUT2D eigenvalue weighted by Gasteiger charge is 2.36. The third-order valence-electron chi connectivity index (χ3n) is 5.15. The molecule has 0 aliphatic heterocycles. The van der Waals surface area contributed by atoms with Gasteiger partial charge < -0.3 is 4.74 Å². The lowest BCUT2D eigenvalue weighted by atomic mass is 10.1. The number of carbonyl (C=O) groups is 1. The zero-order valence-electron chi connectivity index (χ0n) is 18.9. The van der Waals surface area contributed by atoms with Gasteiger partial charge in [-0.15, -0.1) is 0 Å². The van der Waals surface area contributed by atoms with Gasteiger partial charge in [0.05, 0.1) is 30.2 Å². The highest BCUT2D eigenvalue weighted by molar-refractivity contribution is 7.75. The Bertz CT molecular complexity index is 585. The molecule has 1 rings (SSSR count). The second-order valence-electron chi connectivity index (χ2n) is 9.04. The minimum Gasteiger partial charge on any atom is -0.456 e. The van der Waals surface area contributed by atoms with Gasteiger partial charge in [-0.1, -0.05) is 46.1 Å². The molecule has 28 heavy (non-hydrogen) atoms. The van der Waals surface area contributed by atoms with Crippen molar-refractivity contribution in [2.45, 2.75) is 91.8 Å². The Morgan fingerprint density at radius 3 is 1.86 bits per heavy atom. The monoisotopic (exact) mass is 411 g/mol. The number of carbonyl (C=O) groups excluding carboxylic acids is 1. The van der Waals surface area contributed by atoms with Crippen molar-refractivity contribution in [3.63, 3.8) is 0 Å². The molecule has 0 aliphatic carbocycles. The summed E-state index contributed by atoms with van der Waals surface area (Å²) in [6.45, 7) is 12.2. The van der Waals surface area contributed by atoms with Gasteiger partial charge in [0.2, 0.25) is 0 Å². The van der Waals surface area contributed by atoms with Gasteiger partial charge in [0.15, 0.2) is 0 Å². The normalized spacial score (nSPS) is 12.2. The van der Waals surface area contributed by atoms with Crippen LogP contribution in [0.15, 0.2) is 18.2 Å². The van der Waals surface area contributed by atoms with Crippen molar-refractivity contribution in [1.82, 2.24) is 0 Å². The predicted octanol–water partition coefficient (Wildman–Crippen LogP) is 7.70. The molecule has 0 saturated heterocycles. The second kappa shape index (κ2) is 11.9. The third-order valence-corrected chi connectivity index (χ3v) is 9.96. The van der Waals surface area contributed by atoms with Crippen LogP contribution in [0.5, 0.6) is 0 Å². The molecule has 0 N–H and O–H groups in total. The van der Waals surface area contributed by atoms with Crippen LogP contribution in [0.1, 0.15) is 96.0 Å². The topological polar surface area (TPSA) is 26.3 Å². The Kier molecular flexibility index (Phi) is 10.7. The van der Waals surface area contributed by atoms with Crippen LogP contribution in [0.3, 0.4) is 0 Å². The van der Waals surface area contributed by atoms with Gasteiger partial charge in [-0.3, -0.25) is 0 Å². The molecule has 4 heteroatoms. The SMILES string of the molecule is CCCC[P+](CCCC)(CCCC)Cc1ccc(C(=O)OC(C)(C)C)cc1F. The lowest BCUT2D eigenvalue weighted by Crippen LogP contribution is -2.24. The van der Waals surface area contributed by atoms with Crippen molar-refractivity contribution in [1.29, 1.82) is 0 Å². The number of halogens is 1. The molecule has 0 fully saturated rings. The van der Waals surface area contributed by atoms with Crippen LogP contribution in [0, 0.1) is 5.82 Å². The van der Waals surface area contributed by atoms with Gasteiger partial charge in [-0.05, 0) is 52.2 Å². The van der Waals surface area contributed by atoms with Gasteiger partial charge in [-0.2, -0.15) is 0 Å². The number of hydrogen-bond acceptors (Lipinski definition) is 2. The van der Waals surface area contributed by atoms with E-state index in [9.17, 15) is 9.18 Å². The quantitative estimate of drug-likeness (QED) is 0.260. The van der Waals surface area contributed by atoms with E-state index in [0.29, 0.717) is 5.56 Å². The smallest absolute Gasteiger partial charge is 0.338 e. The maximum Gasteiger partial charge on any atom is 0.338 e. The first-order chi connectivity index (χ1) is 13.2. The Hall–Kier alpha value is -0.950. The van der Waals surface area contributed by atoms with Gasteiger partial charge >= 0.3 is 5.97 Å². The summed E-state index contributed by atoms with van der Waals surface area (Å²) in [5.74, 6) is -0.709. The lowest BCUT2D eigenvalue weighted by molar-refractivity contribution is 0.00690. The molecule has 0 aliphatic rings. The van der Waals surface area contributed by atoms with Crippen LogP contribution in [-0.2, 0) is 10.9 Å². The summed E-state index contributed by atoms with van der Waals surface area (Å²) >= 11 is 0. The highest BCUT2D eigenvalue weighted by Crippen LogP contribution is 2.63. The number of ether oxygens (including phenoxy) is 1. The molecule has 1 aromatic rings. The molecule has 160 valence electrons. The fraction of sp³-hybridized carbons (Fsp3) is 0.708. The van der Waals surface area contributed by atoms with Gasteiger partial charge in [0, 0.05) is 12.8 Å². The molecule has 1 aromatic carbocycles. The van der Waals surface area contributed by atoms with E-state index >= 15 is 0 Å². The fourth-order valence-corrected chi connectivity index (χ4v) is 8.64. The zero-order valence-corrected chi connectivity index (χ0v) is 19.8. The molecule has 0 aromatic heterocycles. The molecule has 0 bridgehead atoms. The average Bonchev–Trinajstić information content (AvgIpc) is 2.63. The second-order valence-corrected chi connectivity index (χ2v) is 13.4. The van der Waals surface area contributed by atoms with Crippen molar-refractivity contribution in [2.24, 2.45) is 0 Å². The molecule has 0 spiro atoms. The van der Waals surface area contributed by atoms with E-state index in [1.807, 2.05) is 26.8 Å². The van der Waals surface area contributed by atoms with E-state index in [1.54, 1.807) is 6.07 Å². The molecular formula is C24H41FO2P+. The standard InChI is InChI=1S/C24H41FO2P/c1-7-10-15-28(16-11-8-2,17-12-9-3)19-21-14-13-20(18-22(21)25)23(26)27-24(4,5)6/h13-14,18H,7-12,15-17,19H2,1-6H3/q+1. The number of esters is 1. The van der Waals surface area contributed by atoms with E-state index in [2.05, 4.69) is 20.8 Å². The molecule has 0 atom stereocenters. The zero-order chi connectivity index (χ0) is 21.2. The van der Waals surface area contributed by atoms with E-state index in [0.717, 1.165) is 11.7 Å². The summed E-state index contributed by atoms with van der Waals surface area (Å²) in [6.07, 6.45) is 11.9. The Morgan fingerprint density at radius 1 is 0.964 bits per heavy atom. The summed E-state index contributed by atoms with van der Waals surface area (Å²) in [5, 5.41) is 0. The number of hydrogen-bond donors (Lipinski definition) is 0. The molecular weight excluding hydrogens is 370 g/mol. The van der Waals surface area contributed by atoms with Crippen LogP contribution in [0.2, 0.25) is 0 Å². The minimum atomic E-state index is -1.22. The number of benzene rings is 1. The molecule has 0 unspecified atom stereocenters. The number of unbranched alkanes of at least 4 members (excludes halogenated alkanes) is 3. The third kappa shape index (κ3) is 8.60. The van der Waals surface area contributed by atoms with Crippen molar-refractivity contribution in [3.05, 3.63) is 35.1 Å². The largest absolute Gasteiger partial charge is 0.456 e. The van der Waals surface area contributed by atoms with Crippen molar-refractivity contribution in [2.75, 3.05) is 18.5 Å². The van der Waals surface area contributed by atoms with E-state index < -0.39 is 18.8 Å². The Labute approximate surface area is 173 Å². The summed E-state index contributed by atoms with van der Waals surface area (Å²) < 4.78 is 20.3. The molecule has 0 amide bonds. The van der Waals surface area contributed by atoms with Crippen molar-refractivity contribution < 1.29 is 13.9 Å². The highest BCUT2D eigenvalue weighted by atomic mass is 31.2. The van der Waals surface area contributed by atoms with Crippen LogP contribution >= 0.6 is 7.26 Å². The van der Waals surface area contributed by atoms with E-state index in [1.165, 1.54) is 63.1 Å². The maximum absolute atomic E-state index is 15.0. The van der Waals surface area contributed by atoms with Gasteiger partial charge in [-0.25, -0.2) is 9.18 Å². The first-order valence-electron chi connectivity index (χ1n) is 11.0.